The largest absolute Gasteiger partial charge is 0.0683 e. The zero-order valence-corrected chi connectivity index (χ0v) is 12.3. The molecule has 0 radical (unpaired) electrons. The lowest BCUT2D eigenvalue weighted by molar-refractivity contribution is 0.702. The highest BCUT2D eigenvalue weighted by Gasteiger charge is 1.75. The smallest absolute Gasteiger partial charge is 0.0536 e. The molecular weight excluding hydrogens is 192 g/mol. The Balaban J connectivity index is -0.000000162. The second-order valence-corrected chi connectivity index (χ2v) is 2.86. The van der Waals surface area contributed by atoms with Crippen molar-refractivity contribution < 1.29 is 0 Å². The minimum atomic E-state index is 1.36. The maximum atomic E-state index is 2.23. The van der Waals surface area contributed by atoms with Crippen molar-refractivity contribution >= 4 is 0 Å². The van der Waals surface area contributed by atoms with E-state index < -0.39 is 0 Å². The van der Waals surface area contributed by atoms with E-state index in [0.717, 1.165) is 0 Å². The number of hydrogen-bond acceptors (Lipinski definition) is 0. The zero-order chi connectivity index (χ0) is 13.1. The topological polar surface area (TPSA) is 0 Å². The Bertz CT molecular complexity index is 113. The predicted octanol–water partition coefficient (Wildman–Crippen LogP) is 6.33. The molecule has 96 valence electrons. The molecule has 0 saturated heterocycles. The molecular formula is C16H32. The van der Waals surface area contributed by atoms with E-state index in [-0.39, 0.29) is 0 Å². The average molecular weight is 224 g/mol. The maximum Gasteiger partial charge on any atom is -0.0536 e. The van der Waals surface area contributed by atoms with Crippen LogP contribution in [0.4, 0.5) is 0 Å². The zero-order valence-electron chi connectivity index (χ0n) is 12.3. The summed E-state index contributed by atoms with van der Waals surface area (Å²) in [6, 6.07) is 12.0. The standard InChI is InChI=1S/C6H6.C6H14.2C2H6/c1-2-4-6-5-3-1;1-3-5-6-4-2;2*1-2/h1-6H;3-6H2,1-2H3;2*1-2H3. The first kappa shape index (κ1) is 20.6. The molecule has 0 bridgehead atoms. The quantitative estimate of drug-likeness (QED) is 0.527. The molecule has 1 aromatic carbocycles. The predicted molar refractivity (Wildman–Crippen MR) is 79.0 cm³/mol. The van der Waals surface area contributed by atoms with Gasteiger partial charge in [-0.1, -0.05) is 104 Å². The van der Waals surface area contributed by atoms with Gasteiger partial charge in [-0.25, -0.2) is 0 Å². The van der Waals surface area contributed by atoms with Crippen molar-refractivity contribution in [3.05, 3.63) is 36.4 Å². The van der Waals surface area contributed by atoms with Gasteiger partial charge in [0, 0.05) is 0 Å². The molecule has 0 amide bonds. The Kier molecular flexibility index (Phi) is 37.7. The van der Waals surface area contributed by atoms with Crippen molar-refractivity contribution in [1.82, 2.24) is 0 Å². The van der Waals surface area contributed by atoms with Gasteiger partial charge >= 0.3 is 0 Å². The van der Waals surface area contributed by atoms with Crippen molar-refractivity contribution in [1.29, 1.82) is 0 Å². The molecule has 0 atom stereocenters. The van der Waals surface area contributed by atoms with Crippen LogP contribution in [0.25, 0.3) is 0 Å². The molecule has 1 rings (SSSR count). The van der Waals surface area contributed by atoms with Crippen LogP contribution >= 0.6 is 0 Å². The summed E-state index contributed by atoms with van der Waals surface area (Å²) in [7, 11) is 0. The number of hydrogen-bond donors (Lipinski definition) is 0. The fourth-order valence-corrected chi connectivity index (χ4v) is 0.885. The van der Waals surface area contributed by atoms with E-state index in [1.807, 2.05) is 64.1 Å². The van der Waals surface area contributed by atoms with Crippen LogP contribution in [-0.2, 0) is 0 Å². The minimum absolute atomic E-state index is 1.36. The fourth-order valence-electron chi connectivity index (χ4n) is 0.885. The second kappa shape index (κ2) is 29.2. The van der Waals surface area contributed by atoms with Gasteiger partial charge in [0.1, 0.15) is 0 Å². The van der Waals surface area contributed by atoms with Gasteiger partial charge < -0.3 is 0 Å². The Labute approximate surface area is 104 Å². The summed E-state index contributed by atoms with van der Waals surface area (Å²) in [5.41, 5.74) is 0. The van der Waals surface area contributed by atoms with Gasteiger partial charge in [-0.2, -0.15) is 0 Å². The molecule has 0 nitrogen and oxygen atoms in total. The second-order valence-electron chi connectivity index (χ2n) is 2.86. The highest BCUT2D eigenvalue weighted by atomic mass is 13.8. The molecule has 0 aliphatic carbocycles. The summed E-state index contributed by atoms with van der Waals surface area (Å²) in [4.78, 5) is 0. The summed E-state index contributed by atoms with van der Waals surface area (Å²) < 4.78 is 0. The van der Waals surface area contributed by atoms with Gasteiger partial charge in [-0.3, -0.25) is 0 Å². The van der Waals surface area contributed by atoms with E-state index >= 15 is 0 Å². The Morgan fingerprint density at radius 1 is 0.500 bits per heavy atom. The van der Waals surface area contributed by atoms with Gasteiger partial charge in [-0.15, -0.1) is 0 Å². The summed E-state index contributed by atoms with van der Waals surface area (Å²) in [6.07, 6.45) is 5.54. The van der Waals surface area contributed by atoms with E-state index in [9.17, 15) is 0 Å². The van der Waals surface area contributed by atoms with Crippen molar-refractivity contribution in [2.45, 2.75) is 67.2 Å². The van der Waals surface area contributed by atoms with Crippen LogP contribution in [0.5, 0.6) is 0 Å². The molecule has 0 heterocycles. The van der Waals surface area contributed by atoms with Crippen molar-refractivity contribution in [2.75, 3.05) is 0 Å². The van der Waals surface area contributed by atoms with Gasteiger partial charge in [0.15, 0.2) is 0 Å². The monoisotopic (exact) mass is 224 g/mol. The van der Waals surface area contributed by atoms with Crippen molar-refractivity contribution in [3.63, 3.8) is 0 Å². The fraction of sp³-hybridized carbons (Fsp3) is 0.625. The Morgan fingerprint density at radius 3 is 0.812 bits per heavy atom. The molecule has 1 aromatic rings. The summed E-state index contributed by atoms with van der Waals surface area (Å²) in [5, 5.41) is 0. The molecule has 0 aliphatic heterocycles. The number of benzene rings is 1. The first-order chi connectivity index (χ1) is 7.91. The minimum Gasteiger partial charge on any atom is -0.0683 e. The number of rotatable bonds is 3. The lowest BCUT2D eigenvalue weighted by atomic mass is 10.2. The van der Waals surface area contributed by atoms with Crippen molar-refractivity contribution in [3.8, 4) is 0 Å². The molecule has 16 heavy (non-hydrogen) atoms. The highest BCUT2D eigenvalue weighted by Crippen LogP contribution is 1.95. The molecule has 0 fully saturated rings. The van der Waals surface area contributed by atoms with Crippen LogP contribution in [0.3, 0.4) is 0 Å². The maximum absolute atomic E-state index is 2.23. The highest BCUT2D eigenvalue weighted by molar-refractivity contribution is 4.99. The lowest BCUT2D eigenvalue weighted by Gasteiger charge is -1.86. The van der Waals surface area contributed by atoms with E-state index in [4.69, 9.17) is 0 Å². The van der Waals surface area contributed by atoms with Crippen LogP contribution in [0.15, 0.2) is 36.4 Å². The average Bonchev–Trinajstić information content (AvgIpc) is 2.43. The first-order valence-corrected chi connectivity index (χ1v) is 6.91. The van der Waals surface area contributed by atoms with Crippen LogP contribution in [0.2, 0.25) is 0 Å². The van der Waals surface area contributed by atoms with Crippen LogP contribution < -0.4 is 0 Å². The van der Waals surface area contributed by atoms with Crippen LogP contribution in [0.1, 0.15) is 67.2 Å². The third kappa shape index (κ3) is 29.2. The van der Waals surface area contributed by atoms with Gasteiger partial charge in [-0.05, 0) is 0 Å². The van der Waals surface area contributed by atoms with E-state index in [1.165, 1.54) is 25.7 Å². The van der Waals surface area contributed by atoms with Gasteiger partial charge in [0.2, 0.25) is 0 Å². The van der Waals surface area contributed by atoms with Gasteiger partial charge in [0.05, 0.1) is 0 Å². The third-order valence-electron chi connectivity index (χ3n) is 1.62. The van der Waals surface area contributed by atoms with Crippen LogP contribution in [0, 0.1) is 0 Å². The molecule has 0 N–H and O–H groups in total. The Morgan fingerprint density at radius 2 is 0.688 bits per heavy atom. The molecule has 0 heteroatoms. The normalized spacial score (nSPS) is 7.12. The summed E-state index contributed by atoms with van der Waals surface area (Å²) in [6.45, 7) is 12.5. The molecule has 0 saturated carbocycles. The summed E-state index contributed by atoms with van der Waals surface area (Å²) >= 11 is 0. The Hall–Kier alpha value is -0.780. The van der Waals surface area contributed by atoms with Gasteiger partial charge in [0.25, 0.3) is 0 Å². The van der Waals surface area contributed by atoms with E-state index in [1.54, 1.807) is 0 Å². The molecule has 0 aliphatic rings. The molecule has 0 unspecified atom stereocenters. The molecule has 0 spiro atoms. The van der Waals surface area contributed by atoms with Crippen molar-refractivity contribution in [2.24, 2.45) is 0 Å². The molecule has 0 aromatic heterocycles. The first-order valence-electron chi connectivity index (χ1n) is 6.91. The summed E-state index contributed by atoms with van der Waals surface area (Å²) in [5.74, 6) is 0. The third-order valence-corrected chi connectivity index (χ3v) is 1.62. The van der Waals surface area contributed by atoms with E-state index in [2.05, 4.69) is 13.8 Å². The lowest BCUT2D eigenvalue weighted by Crippen LogP contribution is -1.66. The van der Waals surface area contributed by atoms with Crippen LogP contribution in [-0.4, -0.2) is 0 Å². The van der Waals surface area contributed by atoms with E-state index in [0.29, 0.717) is 0 Å². The number of unbranched alkanes of at least 4 members (excludes halogenated alkanes) is 3. The SMILES string of the molecule is CC.CC.CCCCCC.c1ccccc1.